The van der Waals surface area contributed by atoms with Gasteiger partial charge in [0.05, 0.1) is 5.92 Å². The third-order valence-electron chi connectivity index (χ3n) is 2.81. The van der Waals surface area contributed by atoms with Gasteiger partial charge in [-0.05, 0) is 5.56 Å². The first kappa shape index (κ1) is 15.7. The zero-order valence-electron chi connectivity index (χ0n) is 11.8. The van der Waals surface area contributed by atoms with Crippen LogP contribution in [0.5, 0.6) is 0 Å². The molecule has 8 heteroatoms. The van der Waals surface area contributed by atoms with Crippen LogP contribution < -0.4 is 16.2 Å². The van der Waals surface area contributed by atoms with Gasteiger partial charge < -0.3 is 4.90 Å². The molecule has 0 bridgehead atoms. The van der Waals surface area contributed by atoms with Gasteiger partial charge in [0, 0.05) is 19.8 Å². The number of nitrogens with one attached hydrogen (secondary N) is 1. The van der Waals surface area contributed by atoms with Gasteiger partial charge in [-0.15, -0.1) is 10.2 Å². The Labute approximate surface area is 131 Å². The van der Waals surface area contributed by atoms with E-state index < -0.39 is 0 Å². The fraction of sp³-hybridized carbons (Fsp3) is 0.308. The summed E-state index contributed by atoms with van der Waals surface area (Å²) < 4.78 is 0.837. The molecule has 0 saturated heterocycles. The van der Waals surface area contributed by atoms with Gasteiger partial charge in [-0.3, -0.25) is 10.2 Å². The van der Waals surface area contributed by atoms with Crippen molar-refractivity contribution in [3.63, 3.8) is 0 Å². The second kappa shape index (κ2) is 7.39. The SMILES string of the molecule is CN(C)c1nnc(SCC(C(=O)NN)c2ccccc2)s1. The van der Waals surface area contributed by atoms with Crippen molar-refractivity contribution in [3.05, 3.63) is 35.9 Å². The van der Waals surface area contributed by atoms with Crippen LogP contribution in [-0.4, -0.2) is 36.0 Å². The number of amides is 1. The minimum Gasteiger partial charge on any atom is -0.353 e. The number of nitrogens with zero attached hydrogens (tertiary/aromatic N) is 3. The lowest BCUT2D eigenvalue weighted by Crippen LogP contribution is -2.35. The molecule has 0 spiro atoms. The molecule has 3 N–H and O–H groups in total. The number of benzene rings is 1. The monoisotopic (exact) mass is 323 g/mol. The zero-order valence-corrected chi connectivity index (χ0v) is 13.4. The summed E-state index contributed by atoms with van der Waals surface area (Å²) in [6, 6.07) is 9.58. The highest BCUT2D eigenvalue weighted by Gasteiger charge is 2.21. The van der Waals surface area contributed by atoms with Gasteiger partial charge in [-0.2, -0.15) is 0 Å². The number of carbonyl (C=O) groups excluding carboxylic acids is 1. The Balaban J connectivity index is 2.07. The molecule has 0 saturated carbocycles. The summed E-state index contributed by atoms with van der Waals surface area (Å²) in [6.07, 6.45) is 0. The second-order valence-corrected chi connectivity index (χ2v) is 6.75. The van der Waals surface area contributed by atoms with E-state index >= 15 is 0 Å². The molecule has 112 valence electrons. The highest BCUT2D eigenvalue weighted by molar-refractivity contribution is 8.01. The highest BCUT2D eigenvalue weighted by Crippen LogP contribution is 2.30. The van der Waals surface area contributed by atoms with Crippen LogP contribution in [0.2, 0.25) is 0 Å². The topological polar surface area (TPSA) is 84.1 Å². The molecule has 1 aromatic heterocycles. The van der Waals surface area contributed by atoms with Gasteiger partial charge in [-0.25, -0.2) is 5.84 Å². The molecule has 0 aliphatic carbocycles. The molecule has 0 aliphatic heterocycles. The van der Waals surface area contributed by atoms with E-state index in [1.165, 1.54) is 23.1 Å². The largest absolute Gasteiger partial charge is 0.353 e. The van der Waals surface area contributed by atoms with E-state index in [-0.39, 0.29) is 11.8 Å². The van der Waals surface area contributed by atoms with Gasteiger partial charge in [-0.1, -0.05) is 53.4 Å². The standard InChI is InChI=1S/C13H17N5OS2/c1-18(2)12-16-17-13(21-12)20-8-10(11(19)15-14)9-6-4-3-5-7-9/h3-7,10H,8,14H2,1-2H3,(H,15,19). The number of thioether (sulfide) groups is 1. The Kier molecular flexibility index (Phi) is 5.54. The summed E-state index contributed by atoms with van der Waals surface area (Å²) in [6.45, 7) is 0. The summed E-state index contributed by atoms with van der Waals surface area (Å²) >= 11 is 3.01. The molecule has 1 atom stereocenters. The molecular formula is C13H17N5OS2. The molecule has 21 heavy (non-hydrogen) atoms. The number of hydrazine groups is 1. The van der Waals surface area contributed by atoms with Crippen molar-refractivity contribution in [1.82, 2.24) is 15.6 Å². The van der Waals surface area contributed by atoms with Crippen molar-refractivity contribution in [1.29, 1.82) is 0 Å². The maximum absolute atomic E-state index is 12.0. The van der Waals surface area contributed by atoms with Crippen LogP contribution in [-0.2, 0) is 4.79 Å². The molecule has 0 aliphatic rings. The number of nitrogens with two attached hydrogens (primary N) is 1. The molecular weight excluding hydrogens is 306 g/mol. The Morgan fingerprint density at radius 1 is 1.38 bits per heavy atom. The molecule has 1 unspecified atom stereocenters. The zero-order chi connectivity index (χ0) is 15.2. The van der Waals surface area contributed by atoms with Crippen molar-refractivity contribution >= 4 is 34.1 Å². The first-order chi connectivity index (χ1) is 10.1. The number of rotatable bonds is 6. The first-order valence-electron chi connectivity index (χ1n) is 6.31. The number of anilines is 1. The van der Waals surface area contributed by atoms with Crippen molar-refractivity contribution in [2.75, 3.05) is 24.7 Å². The lowest BCUT2D eigenvalue weighted by atomic mass is 10.0. The lowest BCUT2D eigenvalue weighted by Gasteiger charge is -2.14. The van der Waals surface area contributed by atoms with Gasteiger partial charge in [0.1, 0.15) is 0 Å². The molecule has 0 fully saturated rings. The molecule has 6 nitrogen and oxygen atoms in total. The average molecular weight is 323 g/mol. The minimum absolute atomic E-state index is 0.203. The van der Waals surface area contributed by atoms with E-state index in [0.717, 1.165) is 15.0 Å². The van der Waals surface area contributed by atoms with E-state index in [4.69, 9.17) is 5.84 Å². The minimum atomic E-state index is -0.312. The van der Waals surface area contributed by atoms with Gasteiger partial charge in [0.15, 0.2) is 4.34 Å². The Hall–Kier alpha value is -1.64. The summed E-state index contributed by atoms with van der Waals surface area (Å²) in [5.74, 6) is 5.33. The molecule has 0 radical (unpaired) electrons. The third-order valence-corrected chi connectivity index (χ3v) is 5.13. The molecule has 1 amide bonds. The van der Waals surface area contributed by atoms with Gasteiger partial charge >= 0.3 is 0 Å². The third kappa shape index (κ3) is 4.16. The summed E-state index contributed by atoms with van der Waals surface area (Å²) in [7, 11) is 3.84. The second-order valence-electron chi connectivity index (χ2n) is 4.53. The van der Waals surface area contributed by atoms with Gasteiger partial charge in [0.2, 0.25) is 11.0 Å². The number of hydrogen-bond acceptors (Lipinski definition) is 7. The average Bonchev–Trinajstić information content (AvgIpc) is 2.97. The Morgan fingerprint density at radius 3 is 2.67 bits per heavy atom. The van der Waals surface area contributed by atoms with Crippen LogP contribution in [0, 0.1) is 0 Å². The number of carbonyl (C=O) groups is 1. The van der Waals surface area contributed by atoms with E-state index in [2.05, 4.69) is 15.6 Å². The molecule has 1 heterocycles. The van der Waals surface area contributed by atoms with E-state index in [1.807, 2.05) is 49.3 Å². The Bertz CT molecular complexity index is 587. The van der Waals surface area contributed by atoms with E-state index in [9.17, 15) is 4.79 Å². The fourth-order valence-corrected chi connectivity index (χ4v) is 3.62. The van der Waals surface area contributed by atoms with Crippen LogP contribution in [0.3, 0.4) is 0 Å². The van der Waals surface area contributed by atoms with Crippen LogP contribution >= 0.6 is 23.1 Å². The van der Waals surface area contributed by atoms with Crippen LogP contribution in [0.15, 0.2) is 34.7 Å². The molecule has 2 rings (SSSR count). The quantitative estimate of drug-likeness (QED) is 0.362. The fourth-order valence-electron chi connectivity index (χ4n) is 1.71. The Morgan fingerprint density at radius 2 is 2.10 bits per heavy atom. The van der Waals surface area contributed by atoms with Crippen molar-refractivity contribution in [2.45, 2.75) is 10.3 Å². The predicted molar refractivity (Wildman–Crippen MR) is 86.5 cm³/mol. The van der Waals surface area contributed by atoms with Crippen LogP contribution in [0.1, 0.15) is 11.5 Å². The molecule has 1 aromatic carbocycles. The smallest absolute Gasteiger partial charge is 0.242 e. The maximum atomic E-state index is 12.0. The van der Waals surface area contributed by atoms with Crippen LogP contribution in [0.25, 0.3) is 0 Å². The van der Waals surface area contributed by atoms with Gasteiger partial charge in [0.25, 0.3) is 0 Å². The van der Waals surface area contributed by atoms with E-state index in [0.29, 0.717) is 5.75 Å². The van der Waals surface area contributed by atoms with Crippen molar-refractivity contribution < 1.29 is 4.79 Å². The maximum Gasteiger partial charge on any atom is 0.242 e. The summed E-state index contributed by atoms with van der Waals surface area (Å²) in [5, 5.41) is 9.04. The normalized spacial score (nSPS) is 12.0. The summed E-state index contributed by atoms with van der Waals surface area (Å²) in [4.78, 5) is 13.9. The number of hydrogen-bond donors (Lipinski definition) is 2. The predicted octanol–water partition coefficient (Wildman–Crippen LogP) is 1.47. The lowest BCUT2D eigenvalue weighted by molar-refractivity contribution is -0.122. The van der Waals surface area contributed by atoms with Crippen molar-refractivity contribution in [3.8, 4) is 0 Å². The molecule has 2 aromatic rings. The summed E-state index contributed by atoms with van der Waals surface area (Å²) in [5.41, 5.74) is 3.17. The number of aromatic nitrogens is 2. The van der Waals surface area contributed by atoms with Crippen molar-refractivity contribution in [2.24, 2.45) is 5.84 Å². The van der Waals surface area contributed by atoms with Crippen LogP contribution in [0.4, 0.5) is 5.13 Å². The highest BCUT2D eigenvalue weighted by atomic mass is 32.2. The van der Waals surface area contributed by atoms with E-state index in [1.54, 1.807) is 0 Å². The first-order valence-corrected chi connectivity index (χ1v) is 8.11.